The lowest BCUT2D eigenvalue weighted by molar-refractivity contribution is 0.326. The molecule has 0 fully saturated rings. The number of H-pyrrole nitrogens is 1. The number of imidazole rings is 1. The predicted octanol–water partition coefficient (Wildman–Crippen LogP) is 4.06. The zero-order valence-electron chi connectivity index (χ0n) is 17.9. The molecule has 8 heteroatoms. The molecule has 2 heterocycles. The minimum absolute atomic E-state index is 0.307. The lowest BCUT2D eigenvalue weighted by Gasteiger charge is -2.14. The summed E-state index contributed by atoms with van der Waals surface area (Å²) in [6.07, 6.45) is 2.49. The Morgan fingerprint density at radius 3 is 2.66 bits per heavy atom. The van der Waals surface area contributed by atoms with E-state index in [0.717, 1.165) is 16.7 Å². The zero-order valence-corrected chi connectivity index (χ0v) is 18.6. The Morgan fingerprint density at radius 2 is 1.94 bits per heavy atom. The third kappa shape index (κ3) is 4.11. The quantitative estimate of drug-likeness (QED) is 0.340. The van der Waals surface area contributed by atoms with Crippen molar-refractivity contribution in [1.82, 2.24) is 19.1 Å². The van der Waals surface area contributed by atoms with Crippen LogP contribution in [-0.2, 0) is 13.6 Å². The number of benzene rings is 2. The van der Waals surface area contributed by atoms with Crippen LogP contribution >= 0.6 is 11.6 Å². The van der Waals surface area contributed by atoms with Crippen LogP contribution in [0.3, 0.4) is 0 Å². The Hall–Kier alpha value is -3.58. The number of fused-ring (bicyclic) bond motifs is 1. The number of halogens is 1. The van der Waals surface area contributed by atoms with Crippen LogP contribution in [-0.4, -0.2) is 25.7 Å². The molecule has 0 spiro atoms. The maximum absolute atomic E-state index is 12.8. The van der Waals surface area contributed by atoms with Crippen LogP contribution in [0.5, 0.6) is 5.75 Å². The molecular weight excluding hydrogens is 428 g/mol. The summed E-state index contributed by atoms with van der Waals surface area (Å²) >= 11 is 6.04. The van der Waals surface area contributed by atoms with E-state index in [0.29, 0.717) is 47.3 Å². The number of nitrogens with zero attached hydrogens (tertiary/aromatic N) is 3. The van der Waals surface area contributed by atoms with Crippen molar-refractivity contribution in [3.63, 3.8) is 0 Å². The summed E-state index contributed by atoms with van der Waals surface area (Å²) in [7, 11) is 1.59. The normalized spacial score (nSPS) is 11.1. The van der Waals surface area contributed by atoms with Crippen molar-refractivity contribution in [2.75, 3.05) is 6.61 Å². The van der Waals surface area contributed by atoms with Gasteiger partial charge in [0.1, 0.15) is 11.6 Å². The van der Waals surface area contributed by atoms with Crippen molar-refractivity contribution in [2.45, 2.75) is 19.9 Å². The molecule has 4 rings (SSSR count). The molecule has 2 aromatic carbocycles. The van der Waals surface area contributed by atoms with Crippen LogP contribution in [0.2, 0.25) is 5.02 Å². The Balaban J connectivity index is 1.98. The van der Waals surface area contributed by atoms with Crippen molar-refractivity contribution in [3.8, 4) is 17.1 Å². The topological polar surface area (TPSA) is 81.9 Å². The third-order valence-corrected chi connectivity index (χ3v) is 5.47. The summed E-state index contributed by atoms with van der Waals surface area (Å²) in [5, 5.41) is 0.626. The van der Waals surface area contributed by atoms with E-state index in [4.69, 9.17) is 21.3 Å². The first-order chi connectivity index (χ1) is 15.4. The standard InChI is InChI=1S/C24H23ClN4O3/c1-4-5-12-32-19-11-6-15(2)13-18(19)21-26-22-20(23(30)27-24(31)28(22)3)29(21)14-16-7-9-17(25)10-8-16/h4,6-11,13H,1,5,12,14H2,2-3H3,(H,27,30,31). The molecule has 0 saturated heterocycles. The van der Waals surface area contributed by atoms with Crippen LogP contribution in [0.15, 0.2) is 64.7 Å². The maximum atomic E-state index is 12.8. The average molecular weight is 451 g/mol. The molecule has 0 unspecified atom stereocenters. The van der Waals surface area contributed by atoms with Gasteiger partial charge in [0.25, 0.3) is 5.56 Å². The Labute approximate surface area is 189 Å². The number of ether oxygens (including phenoxy) is 1. The maximum Gasteiger partial charge on any atom is 0.329 e. The molecule has 4 aromatic rings. The fourth-order valence-electron chi connectivity index (χ4n) is 3.56. The lowest BCUT2D eigenvalue weighted by Crippen LogP contribution is -2.29. The van der Waals surface area contributed by atoms with Crippen molar-refractivity contribution < 1.29 is 4.74 Å². The van der Waals surface area contributed by atoms with E-state index >= 15 is 0 Å². The lowest BCUT2D eigenvalue weighted by atomic mass is 10.1. The van der Waals surface area contributed by atoms with Crippen molar-refractivity contribution in [3.05, 3.63) is 92.1 Å². The van der Waals surface area contributed by atoms with E-state index in [9.17, 15) is 9.59 Å². The molecule has 32 heavy (non-hydrogen) atoms. The average Bonchev–Trinajstić information content (AvgIpc) is 3.14. The molecule has 2 aromatic heterocycles. The Kier molecular flexibility index (Phi) is 6.01. The van der Waals surface area contributed by atoms with Gasteiger partial charge < -0.3 is 9.30 Å². The second-order valence-electron chi connectivity index (χ2n) is 7.56. The van der Waals surface area contributed by atoms with E-state index in [1.165, 1.54) is 4.57 Å². The number of aromatic amines is 1. The molecule has 0 amide bonds. The number of hydrogen-bond donors (Lipinski definition) is 1. The Bertz CT molecular complexity index is 1410. The fourth-order valence-corrected chi connectivity index (χ4v) is 3.69. The smallest absolute Gasteiger partial charge is 0.329 e. The SMILES string of the molecule is C=CCCOc1ccc(C)cc1-c1nc2c(c(=O)[nH]c(=O)n2C)n1Cc1ccc(Cl)cc1. The highest BCUT2D eigenvalue weighted by molar-refractivity contribution is 6.30. The molecular formula is C24H23ClN4O3. The van der Waals surface area contributed by atoms with Crippen LogP contribution in [0.4, 0.5) is 0 Å². The largest absolute Gasteiger partial charge is 0.493 e. The summed E-state index contributed by atoms with van der Waals surface area (Å²) in [4.78, 5) is 32.1. The van der Waals surface area contributed by atoms with E-state index in [-0.39, 0.29) is 0 Å². The fraction of sp³-hybridized carbons (Fsp3) is 0.208. The monoisotopic (exact) mass is 450 g/mol. The van der Waals surface area contributed by atoms with E-state index in [1.54, 1.807) is 25.3 Å². The summed E-state index contributed by atoms with van der Waals surface area (Å²) in [5.41, 5.74) is 2.31. The highest BCUT2D eigenvalue weighted by Gasteiger charge is 2.21. The van der Waals surface area contributed by atoms with Gasteiger partial charge in [-0.3, -0.25) is 14.3 Å². The van der Waals surface area contributed by atoms with Gasteiger partial charge in [-0.15, -0.1) is 6.58 Å². The van der Waals surface area contributed by atoms with Gasteiger partial charge in [0.05, 0.1) is 12.2 Å². The van der Waals surface area contributed by atoms with E-state index in [2.05, 4.69) is 11.6 Å². The minimum atomic E-state index is -0.517. The molecule has 0 bridgehead atoms. The van der Waals surface area contributed by atoms with Gasteiger partial charge in [-0.25, -0.2) is 9.78 Å². The van der Waals surface area contributed by atoms with Gasteiger partial charge in [-0.05, 0) is 43.2 Å². The van der Waals surface area contributed by atoms with Gasteiger partial charge in [0, 0.05) is 18.6 Å². The number of rotatable bonds is 7. The van der Waals surface area contributed by atoms with Crippen molar-refractivity contribution >= 4 is 22.8 Å². The van der Waals surface area contributed by atoms with Crippen LogP contribution in [0.25, 0.3) is 22.6 Å². The molecule has 0 radical (unpaired) electrons. The first-order valence-corrected chi connectivity index (χ1v) is 10.6. The summed E-state index contributed by atoms with van der Waals surface area (Å²) in [5.74, 6) is 1.19. The van der Waals surface area contributed by atoms with E-state index < -0.39 is 11.2 Å². The molecule has 0 saturated carbocycles. The molecule has 0 atom stereocenters. The first-order valence-electron chi connectivity index (χ1n) is 10.2. The van der Waals surface area contributed by atoms with Gasteiger partial charge in [0.2, 0.25) is 0 Å². The molecule has 0 aliphatic rings. The second-order valence-corrected chi connectivity index (χ2v) is 8.00. The van der Waals surface area contributed by atoms with Crippen molar-refractivity contribution in [1.29, 1.82) is 0 Å². The minimum Gasteiger partial charge on any atom is -0.493 e. The first kappa shape index (κ1) is 21.6. The second kappa shape index (κ2) is 8.88. The summed E-state index contributed by atoms with van der Waals surface area (Å²) < 4.78 is 9.14. The molecule has 7 nitrogen and oxygen atoms in total. The van der Waals surface area contributed by atoms with Crippen LogP contribution in [0.1, 0.15) is 17.5 Å². The van der Waals surface area contributed by atoms with Gasteiger partial charge in [0.15, 0.2) is 11.2 Å². The molecule has 164 valence electrons. The molecule has 0 aliphatic carbocycles. The van der Waals surface area contributed by atoms with Gasteiger partial charge in [-0.1, -0.05) is 41.4 Å². The zero-order chi connectivity index (χ0) is 22.8. The summed E-state index contributed by atoms with van der Waals surface area (Å²) in [6.45, 7) is 6.55. The number of aryl methyl sites for hydroxylation is 2. The van der Waals surface area contributed by atoms with Gasteiger partial charge in [-0.2, -0.15) is 0 Å². The third-order valence-electron chi connectivity index (χ3n) is 5.22. The van der Waals surface area contributed by atoms with Crippen molar-refractivity contribution in [2.24, 2.45) is 7.05 Å². The van der Waals surface area contributed by atoms with Gasteiger partial charge >= 0.3 is 5.69 Å². The highest BCUT2D eigenvalue weighted by atomic mass is 35.5. The highest BCUT2D eigenvalue weighted by Crippen LogP contribution is 2.33. The van der Waals surface area contributed by atoms with E-state index in [1.807, 2.05) is 41.8 Å². The molecule has 0 aliphatic heterocycles. The summed E-state index contributed by atoms with van der Waals surface area (Å²) in [6, 6.07) is 13.2. The number of hydrogen-bond acceptors (Lipinski definition) is 4. The molecule has 1 N–H and O–H groups in total. The number of aromatic nitrogens is 4. The predicted molar refractivity (Wildman–Crippen MR) is 127 cm³/mol. The van der Waals surface area contributed by atoms with Crippen LogP contribution in [0, 0.1) is 6.92 Å². The van der Waals surface area contributed by atoms with Crippen LogP contribution < -0.4 is 16.0 Å². The number of nitrogens with one attached hydrogen (secondary N) is 1. The Morgan fingerprint density at radius 1 is 1.19 bits per heavy atom.